The van der Waals surface area contributed by atoms with E-state index in [1.807, 2.05) is 37.3 Å². The van der Waals surface area contributed by atoms with E-state index in [-0.39, 0.29) is 23.6 Å². The molecule has 2 N–H and O–H groups in total. The van der Waals surface area contributed by atoms with Gasteiger partial charge in [0.25, 0.3) is 11.8 Å². The number of hydrogen-bond donors (Lipinski definition) is 2. The van der Waals surface area contributed by atoms with Crippen LogP contribution in [-0.2, 0) is 4.79 Å². The van der Waals surface area contributed by atoms with Crippen molar-refractivity contribution < 1.29 is 14.3 Å². The van der Waals surface area contributed by atoms with Gasteiger partial charge in [-0.2, -0.15) is 0 Å². The maximum Gasteiger partial charge on any atom is 0.291 e. The number of anilines is 1. The number of hydrogen-bond acceptors (Lipinski definition) is 3. The van der Waals surface area contributed by atoms with Crippen LogP contribution in [0, 0.1) is 0 Å². The maximum atomic E-state index is 12.6. The molecule has 1 heterocycles. The molecule has 0 saturated carbocycles. The van der Waals surface area contributed by atoms with Crippen LogP contribution < -0.4 is 15.4 Å². The van der Waals surface area contributed by atoms with Crippen LogP contribution in [0.15, 0.2) is 78.6 Å². The number of fused-ring (bicyclic) bond motifs is 1. The second kappa shape index (κ2) is 8.43. The Kier molecular flexibility index (Phi) is 5.55. The van der Waals surface area contributed by atoms with E-state index in [4.69, 9.17) is 16.3 Å². The highest BCUT2D eigenvalue weighted by molar-refractivity contribution is 6.30. The smallest absolute Gasteiger partial charge is 0.291 e. The molecular weight excluding hydrogens is 400 g/mol. The molecule has 6 heteroatoms. The van der Waals surface area contributed by atoms with Gasteiger partial charge in [0, 0.05) is 10.6 Å². The molecule has 1 aliphatic heterocycles. The van der Waals surface area contributed by atoms with Gasteiger partial charge in [0.15, 0.2) is 11.5 Å². The van der Waals surface area contributed by atoms with Gasteiger partial charge < -0.3 is 15.4 Å². The van der Waals surface area contributed by atoms with Crippen molar-refractivity contribution in [1.82, 2.24) is 5.32 Å². The topological polar surface area (TPSA) is 67.4 Å². The summed E-state index contributed by atoms with van der Waals surface area (Å²) in [5.74, 6) is 0.0285. The molecule has 150 valence electrons. The van der Waals surface area contributed by atoms with Gasteiger partial charge in [0.2, 0.25) is 0 Å². The second-order valence-electron chi connectivity index (χ2n) is 6.93. The SMILES string of the molecule is C[C@@H](NC(=O)c1ccc2c(c1)NC(=O)/C(=C/c1ccc(Cl)cc1)O2)c1ccccc1. The van der Waals surface area contributed by atoms with Crippen LogP contribution in [0.25, 0.3) is 6.08 Å². The van der Waals surface area contributed by atoms with Gasteiger partial charge in [-0.1, -0.05) is 54.1 Å². The number of carbonyl (C=O) groups is 2. The van der Waals surface area contributed by atoms with E-state index in [9.17, 15) is 9.59 Å². The number of benzene rings is 3. The molecule has 0 unspecified atom stereocenters. The lowest BCUT2D eigenvalue weighted by molar-refractivity contribution is -0.115. The van der Waals surface area contributed by atoms with Crippen molar-refractivity contribution >= 4 is 35.2 Å². The minimum Gasteiger partial charge on any atom is -0.449 e. The molecule has 0 spiro atoms. The molecule has 0 aliphatic carbocycles. The highest BCUT2D eigenvalue weighted by Gasteiger charge is 2.23. The molecule has 5 nitrogen and oxygen atoms in total. The van der Waals surface area contributed by atoms with Gasteiger partial charge >= 0.3 is 0 Å². The summed E-state index contributed by atoms with van der Waals surface area (Å²) >= 11 is 5.89. The average Bonchev–Trinajstić information content (AvgIpc) is 2.76. The zero-order valence-corrected chi connectivity index (χ0v) is 16.9. The van der Waals surface area contributed by atoms with Gasteiger partial charge in [-0.05, 0) is 54.5 Å². The fourth-order valence-corrected chi connectivity index (χ4v) is 3.24. The Bertz CT molecular complexity index is 1120. The molecule has 3 aromatic rings. The number of nitrogens with one attached hydrogen (secondary N) is 2. The fraction of sp³-hybridized carbons (Fsp3) is 0.0833. The summed E-state index contributed by atoms with van der Waals surface area (Å²) < 4.78 is 5.75. The molecule has 0 bridgehead atoms. The summed E-state index contributed by atoms with van der Waals surface area (Å²) in [4.78, 5) is 25.1. The minimum atomic E-state index is -0.382. The zero-order valence-electron chi connectivity index (χ0n) is 16.2. The molecular formula is C24H19ClN2O3. The predicted octanol–water partition coefficient (Wildman–Crippen LogP) is 5.20. The van der Waals surface area contributed by atoms with Crippen LogP contribution in [0.3, 0.4) is 0 Å². The first kappa shape index (κ1) is 19.7. The summed E-state index contributed by atoms with van der Waals surface area (Å²) in [6, 6.07) is 21.6. The van der Waals surface area contributed by atoms with Crippen molar-refractivity contribution in [2.24, 2.45) is 0 Å². The lowest BCUT2D eigenvalue weighted by Gasteiger charge is -2.21. The van der Waals surface area contributed by atoms with E-state index in [1.165, 1.54) is 0 Å². The number of amides is 2. The quantitative estimate of drug-likeness (QED) is 0.572. The highest BCUT2D eigenvalue weighted by Crippen LogP contribution is 2.32. The first-order chi connectivity index (χ1) is 14.5. The van der Waals surface area contributed by atoms with E-state index in [0.29, 0.717) is 22.0 Å². The fourth-order valence-electron chi connectivity index (χ4n) is 3.12. The molecule has 3 aromatic carbocycles. The van der Waals surface area contributed by atoms with Gasteiger partial charge in [-0.15, -0.1) is 0 Å². The molecule has 0 radical (unpaired) electrons. The summed E-state index contributed by atoms with van der Waals surface area (Å²) in [5, 5.41) is 6.36. The number of ether oxygens (including phenoxy) is 1. The van der Waals surface area contributed by atoms with Crippen molar-refractivity contribution in [1.29, 1.82) is 0 Å². The van der Waals surface area contributed by atoms with Crippen LogP contribution in [0.2, 0.25) is 5.02 Å². The van der Waals surface area contributed by atoms with Gasteiger partial charge in [0.1, 0.15) is 0 Å². The van der Waals surface area contributed by atoms with Crippen LogP contribution in [0.5, 0.6) is 5.75 Å². The molecule has 0 fully saturated rings. The third-order valence-corrected chi connectivity index (χ3v) is 5.00. The second-order valence-corrected chi connectivity index (χ2v) is 7.37. The normalized spacial score (nSPS) is 15.0. The Balaban J connectivity index is 1.51. The Morgan fingerprint density at radius 2 is 1.80 bits per heavy atom. The lowest BCUT2D eigenvalue weighted by atomic mass is 10.1. The predicted molar refractivity (Wildman–Crippen MR) is 117 cm³/mol. The van der Waals surface area contributed by atoms with E-state index in [1.54, 1.807) is 48.5 Å². The molecule has 0 saturated heterocycles. The molecule has 2 amide bonds. The molecule has 1 atom stereocenters. The molecule has 1 aliphatic rings. The van der Waals surface area contributed by atoms with Crippen LogP contribution in [-0.4, -0.2) is 11.8 Å². The Labute approximate surface area is 179 Å². The Hall–Kier alpha value is -3.57. The van der Waals surface area contributed by atoms with Crippen LogP contribution >= 0.6 is 11.6 Å². The van der Waals surface area contributed by atoms with Crippen LogP contribution in [0.4, 0.5) is 5.69 Å². The number of rotatable bonds is 4. The maximum absolute atomic E-state index is 12.6. The first-order valence-corrected chi connectivity index (χ1v) is 9.84. The third kappa shape index (κ3) is 4.36. The summed E-state index contributed by atoms with van der Waals surface area (Å²) in [7, 11) is 0. The molecule has 0 aromatic heterocycles. The highest BCUT2D eigenvalue weighted by atomic mass is 35.5. The lowest BCUT2D eigenvalue weighted by Crippen LogP contribution is -2.27. The van der Waals surface area contributed by atoms with Crippen molar-refractivity contribution in [3.05, 3.63) is 100 Å². The first-order valence-electron chi connectivity index (χ1n) is 9.46. The van der Waals surface area contributed by atoms with Gasteiger partial charge in [0.05, 0.1) is 11.7 Å². The van der Waals surface area contributed by atoms with Gasteiger partial charge in [-0.3, -0.25) is 9.59 Å². The van der Waals surface area contributed by atoms with E-state index in [2.05, 4.69) is 10.6 Å². The summed E-state index contributed by atoms with van der Waals surface area (Å²) in [5.41, 5.74) is 2.69. The molecule has 30 heavy (non-hydrogen) atoms. The Morgan fingerprint density at radius 1 is 1.07 bits per heavy atom. The third-order valence-electron chi connectivity index (χ3n) is 4.75. The van der Waals surface area contributed by atoms with Crippen LogP contribution in [0.1, 0.15) is 34.5 Å². The Morgan fingerprint density at radius 3 is 2.53 bits per heavy atom. The number of halogens is 1. The van der Waals surface area contributed by atoms with Crippen molar-refractivity contribution in [3.8, 4) is 5.75 Å². The summed E-state index contributed by atoms with van der Waals surface area (Å²) in [6.07, 6.45) is 1.64. The van der Waals surface area contributed by atoms with E-state index in [0.717, 1.165) is 11.1 Å². The minimum absolute atomic E-state index is 0.144. The monoisotopic (exact) mass is 418 g/mol. The largest absolute Gasteiger partial charge is 0.449 e. The standard InChI is InChI=1S/C24H19ClN2O3/c1-15(17-5-3-2-4-6-17)26-23(28)18-9-12-21-20(14-18)27-24(29)22(30-21)13-16-7-10-19(25)11-8-16/h2-15H,1H3,(H,26,28)(H,27,29)/b22-13-/t15-/m1/s1. The van der Waals surface area contributed by atoms with E-state index >= 15 is 0 Å². The average molecular weight is 419 g/mol. The van der Waals surface area contributed by atoms with Crippen molar-refractivity contribution in [3.63, 3.8) is 0 Å². The van der Waals surface area contributed by atoms with E-state index < -0.39 is 0 Å². The number of carbonyl (C=O) groups excluding carboxylic acids is 2. The molecule has 4 rings (SSSR count). The van der Waals surface area contributed by atoms with Gasteiger partial charge in [-0.25, -0.2) is 0 Å². The zero-order chi connectivity index (χ0) is 21.1. The summed E-state index contributed by atoms with van der Waals surface area (Å²) in [6.45, 7) is 1.92. The van der Waals surface area contributed by atoms with Crippen molar-refractivity contribution in [2.75, 3.05) is 5.32 Å². The van der Waals surface area contributed by atoms with Crippen molar-refractivity contribution in [2.45, 2.75) is 13.0 Å².